The van der Waals surface area contributed by atoms with Crippen LogP contribution >= 0.6 is 0 Å². The third kappa shape index (κ3) is 4.12. The van der Waals surface area contributed by atoms with E-state index in [0.29, 0.717) is 16.9 Å². The Morgan fingerprint density at radius 1 is 1.15 bits per heavy atom. The predicted molar refractivity (Wildman–Crippen MR) is 104 cm³/mol. The number of carbonyl (C=O) groups excluding carboxylic acids is 1. The van der Waals surface area contributed by atoms with Crippen molar-refractivity contribution in [3.63, 3.8) is 0 Å². The lowest BCUT2D eigenvalue weighted by Gasteiger charge is -2.19. The van der Waals surface area contributed by atoms with Gasteiger partial charge in [-0.25, -0.2) is 17.7 Å². The van der Waals surface area contributed by atoms with Gasteiger partial charge in [0.2, 0.25) is 10.0 Å². The Morgan fingerprint density at radius 3 is 2.56 bits per heavy atom. The molecule has 0 unspecified atom stereocenters. The second kappa shape index (κ2) is 8.06. The first-order chi connectivity index (χ1) is 12.9. The molecule has 0 bridgehead atoms. The number of anilines is 1. The van der Waals surface area contributed by atoms with Crippen molar-refractivity contribution in [1.82, 2.24) is 14.6 Å². The van der Waals surface area contributed by atoms with Gasteiger partial charge in [0.25, 0.3) is 5.91 Å². The number of rotatable bonds is 6. The molecule has 1 N–H and O–H groups in total. The summed E-state index contributed by atoms with van der Waals surface area (Å²) in [6.45, 7) is 1.90. The van der Waals surface area contributed by atoms with E-state index in [9.17, 15) is 13.2 Å². The monoisotopic (exact) mass is 388 g/mol. The van der Waals surface area contributed by atoms with Crippen LogP contribution in [0, 0.1) is 0 Å². The van der Waals surface area contributed by atoms with Crippen molar-refractivity contribution in [3.8, 4) is 0 Å². The number of pyridine rings is 1. The van der Waals surface area contributed by atoms with Crippen molar-refractivity contribution in [3.05, 3.63) is 53.7 Å². The normalized spacial score (nSPS) is 14.6. The fraction of sp³-hybridized carbons (Fsp3) is 0.368. The van der Waals surface area contributed by atoms with E-state index in [4.69, 9.17) is 0 Å². The molecule has 1 aliphatic rings. The van der Waals surface area contributed by atoms with Gasteiger partial charge < -0.3 is 10.2 Å². The van der Waals surface area contributed by atoms with Gasteiger partial charge in [-0.15, -0.1) is 0 Å². The molecule has 1 amide bonds. The minimum Gasteiger partial charge on any atom is -0.356 e. The number of carbonyl (C=O) groups is 1. The largest absolute Gasteiger partial charge is 0.356 e. The van der Waals surface area contributed by atoms with E-state index in [1.54, 1.807) is 42.6 Å². The number of sulfonamides is 1. The minimum atomic E-state index is -3.58. The summed E-state index contributed by atoms with van der Waals surface area (Å²) in [7, 11) is -0.602. The average molecular weight is 388 g/mol. The molecule has 8 heteroatoms. The lowest BCUT2D eigenvalue weighted by Crippen LogP contribution is -2.29. The second-order valence-electron chi connectivity index (χ2n) is 6.65. The van der Waals surface area contributed by atoms with E-state index in [0.717, 1.165) is 25.9 Å². The van der Waals surface area contributed by atoms with Crippen LogP contribution in [0.1, 0.15) is 28.8 Å². The highest BCUT2D eigenvalue weighted by Crippen LogP contribution is 2.22. The van der Waals surface area contributed by atoms with Crippen molar-refractivity contribution in [2.24, 2.45) is 0 Å². The molecule has 7 nitrogen and oxygen atoms in total. The lowest BCUT2D eigenvalue weighted by molar-refractivity contribution is 0.0950. The van der Waals surface area contributed by atoms with E-state index in [1.165, 1.54) is 18.4 Å². The van der Waals surface area contributed by atoms with Crippen LogP contribution < -0.4 is 10.2 Å². The maximum atomic E-state index is 12.8. The summed E-state index contributed by atoms with van der Waals surface area (Å²) in [5.74, 6) is 0.420. The molecule has 0 aliphatic carbocycles. The molecular formula is C19H24N4O3S. The molecule has 27 heavy (non-hydrogen) atoms. The van der Waals surface area contributed by atoms with E-state index < -0.39 is 10.0 Å². The Morgan fingerprint density at radius 2 is 1.85 bits per heavy atom. The zero-order chi connectivity index (χ0) is 19.4. The summed E-state index contributed by atoms with van der Waals surface area (Å²) in [6, 6.07) is 10.2. The van der Waals surface area contributed by atoms with E-state index in [2.05, 4.69) is 15.2 Å². The van der Waals surface area contributed by atoms with Crippen molar-refractivity contribution in [2.75, 3.05) is 32.1 Å². The number of aromatic nitrogens is 1. The second-order valence-corrected chi connectivity index (χ2v) is 8.77. The first-order valence-electron chi connectivity index (χ1n) is 8.90. The summed E-state index contributed by atoms with van der Waals surface area (Å²) in [5.41, 5.74) is 1.05. The molecule has 0 atom stereocenters. The first-order valence-corrected chi connectivity index (χ1v) is 10.3. The van der Waals surface area contributed by atoms with Gasteiger partial charge in [-0.1, -0.05) is 18.2 Å². The SMILES string of the molecule is CN(C)S(=O)(=O)c1ccccc1CNC(=O)c1cccnc1N1CCCC1. The summed E-state index contributed by atoms with van der Waals surface area (Å²) >= 11 is 0. The molecular weight excluding hydrogens is 364 g/mol. The van der Waals surface area contributed by atoms with E-state index >= 15 is 0 Å². The maximum absolute atomic E-state index is 12.8. The Labute approximate surface area is 160 Å². The van der Waals surface area contributed by atoms with Crippen LogP contribution in [-0.4, -0.2) is 50.8 Å². The predicted octanol–water partition coefficient (Wildman–Crippen LogP) is 1.86. The number of nitrogens with one attached hydrogen (secondary N) is 1. The molecule has 0 radical (unpaired) electrons. The van der Waals surface area contributed by atoms with Crippen molar-refractivity contribution in [2.45, 2.75) is 24.3 Å². The van der Waals surface area contributed by atoms with Gasteiger partial charge in [0, 0.05) is 39.9 Å². The van der Waals surface area contributed by atoms with Crippen LogP contribution in [0.2, 0.25) is 0 Å². The van der Waals surface area contributed by atoms with Crippen LogP contribution in [0.4, 0.5) is 5.82 Å². The summed E-state index contributed by atoms with van der Waals surface area (Å²) in [6.07, 6.45) is 3.87. The third-order valence-corrected chi connectivity index (χ3v) is 6.52. The van der Waals surface area contributed by atoms with Gasteiger partial charge in [-0.2, -0.15) is 0 Å². The van der Waals surface area contributed by atoms with Crippen molar-refractivity contribution in [1.29, 1.82) is 0 Å². The number of nitrogens with zero attached hydrogens (tertiary/aromatic N) is 3. The van der Waals surface area contributed by atoms with Gasteiger partial charge >= 0.3 is 0 Å². The third-order valence-electron chi connectivity index (χ3n) is 4.61. The molecule has 1 fully saturated rings. The van der Waals surface area contributed by atoms with E-state index in [-0.39, 0.29) is 17.3 Å². The Hall–Kier alpha value is -2.45. The maximum Gasteiger partial charge on any atom is 0.255 e. The molecule has 1 aromatic heterocycles. The summed E-state index contributed by atoms with van der Waals surface area (Å²) in [4.78, 5) is 19.4. The number of benzene rings is 1. The molecule has 1 aliphatic heterocycles. The first kappa shape index (κ1) is 19.3. The Bertz CT molecular complexity index is 922. The number of amides is 1. The fourth-order valence-electron chi connectivity index (χ4n) is 3.12. The number of hydrogen-bond acceptors (Lipinski definition) is 5. The smallest absolute Gasteiger partial charge is 0.255 e. The molecule has 0 spiro atoms. The fourth-order valence-corrected chi connectivity index (χ4v) is 4.24. The highest BCUT2D eigenvalue weighted by atomic mass is 32.2. The zero-order valence-electron chi connectivity index (χ0n) is 15.6. The van der Waals surface area contributed by atoms with Crippen molar-refractivity contribution >= 4 is 21.7 Å². The summed E-state index contributed by atoms with van der Waals surface area (Å²) < 4.78 is 26.2. The topological polar surface area (TPSA) is 82.6 Å². The highest BCUT2D eigenvalue weighted by Gasteiger charge is 2.23. The highest BCUT2D eigenvalue weighted by molar-refractivity contribution is 7.89. The van der Waals surface area contributed by atoms with Crippen molar-refractivity contribution < 1.29 is 13.2 Å². The molecule has 2 aromatic rings. The lowest BCUT2D eigenvalue weighted by atomic mass is 10.2. The van der Waals surface area contributed by atoms with Gasteiger partial charge in [0.15, 0.2) is 0 Å². The van der Waals surface area contributed by atoms with Gasteiger partial charge in [0.1, 0.15) is 5.82 Å². The van der Waals surface area contributed by atoms with E-state index in [1.807, 2.05) is 0 Å². The minimum absolute atomic E-state index is 0.121. The molecule has 144 valence electrons. The van der Waals surface area contributed by atoms with Gasteiger partial charge in [-0.3, -0.25) is 4.79 Å². The van der Waals surface area contributed by atoms with Gasteiger partial charge in [-0.05, 0) is 36.6 Å². The molecule has 0 saturated carbocycles. The van der Waals surface area contributed by atoms with Crippen LogP contribution in [-0.2, 0) is 16.6 Å². The van der Waals surface area contributed by atoms with Crippen LogP contribution in [0.5, 0.6) is 0 Å². The van der Waals surface area contributed by atoms with Crippen LogP contribution in [0.25, 0.3) is 0 Å². The Balaban J connectivity index is 1.80. The standard InChI is InChI=1S/C19H24N4O3S/c1-22(2)27(25,26)17-10-4-3-8-15(17)14-21-19(24)16-9-7-11-20-18(16)23-12-5-6-13-23/h3-4,7-11H,5-6,12-14H2,1-2H3,(H,21,24). The average Bonchev–Trinajstić information content (AvgIpc) is 3.21. The molecule has 1 aromatic carbocycles. The molecule has 1 saturated heterocycles. The van der Waals surface area contributed by atoms with Crippen LogP contribution in [0.3, 0.4) is 0 Å². The number of hydrogen-bond donors (Lipinski definition) is 1. The molecule has 2 heterocycles. The van der Waals surface area contributed by atoms with Gasteiger partial charge in [0.05, 0.1) is 10.5 Å². The Kier molecular flexibility index (Phi) is 5.76. The zero-order valence-corrected chi connectivity index (χ0v) is 16.4. The van der Waals surface area contributed by atoms with Crippen LogP contribution in [0.15, 0.2) is 47.5 Å². The quantitative estimate of drug-likeness (QED) is 0.817. The molecule has 3 rings (SSSR count). The summed E-state index contributed by atoms with van der Waals surface area (Å²) in [5, 5.41) is 2.84.